The summed E-state index contributed by atoms with van der Waals surface area (Å²) in [6.45, 7) is 1.86. The molecule has 0 spiro atoms. The quantitative estimate of drug-likeness (QED) is 0.643. The maximum absolute atomic E-state index is 12.4. The molecule has 0 saturated heterocycles. The molecule has 0 bridgehead atoms. The van der Waals surface area contributed by atoms with Crippen LogP contribution < -0.4 is 14.8 Å². The molecule has 2 aromatic carbocycles. The second kappa shape index (κ2) is 8.98. The number of hydrogen-bond acceptors (Lipinski definition) is 6. The Morgan fingerprint density at radius 3 is 2.80 bits per heavy atom. The van der Waals surface area contributed by atoms with Crippen molar-refractivity contribution in [3.8, 4) is 22.9 Å². The zero-order chi connectivity index (χ0) is 20.9. The summed E-state index contributed by atoms with van der Waals surface area (Å²) in [6.07, 6.45) is 4.00. The van der Waals surface area contributed by atoms with Gasteiger partial charge in [0.1, 0.15) is 11.5 Å². The van der Waals surface area contributed by atoms with Crippen LogP contribution in [0.1, 0.15) is 36.8 Å². The van der Waals surface area contributed by atoms with Crippen LogP contribution in [-0.2, 0) is 24.2 Å². The lowest BCUT2D eigenvalue weighted by molar-refractivity contribution is -0.127. The van der Waals surface area contributed by atoms with Crippen LogP contribution in [0.5, 0.6) is 11.5 Å². The molecule has 0 fully saturated rings. The summed E-state index contributed by atoms with van der Waals surface area (Å²) in [5, 5.41) is 6.75. The molecule has 1 N–H and O–H groups in total. The first-order chi connectivity index (χ1) is 14.6. The number of ether oxygens (including phenoxy) is 2. The van der Waals surface area contributed by atoms with Gasteiger partial charge in [-0.2, -0.15) is 4.98 Å². The summed E-state index contributed by atoms with van der Waals surface area (Å²) < 4.78 is 16.3. The van der Waals surface area contributed by atoms with Crippen LogP contribution in [0.4, 0.5) is 0 Å². The van der Waals surface area contributed by atoms with Gasteiger partial charge in [0.25, 0.3) is 5.91 Å². The highest BCUT2D eigenvalue weighted by atomic mass is 16.5. The molecule has 0 radical (unpaired) electrons. The molecule has 1 amide bonds. The lowest BCUT2D eigenvalue weighted by atomic mass is 9.92. The minimum Gasteiger partial charge on any atom is -0.497 e. The number of methoxy groups -OCH3 is 1. The second-order valence-corrected chi connectivity index (χ2v) is 7.36. The molecule has 7 nitrogen and oxygen atoms in total. The van der Waals surface area contributed by atoms with Gasteiger partial charge in [0, 0.05) is 5.56 Å². The normalized spacial score (nSPS) is 13.9. The fourth-order valence-corrected chi connectivity index (χ4v) is 3.55. The zero-order valence-corrected chi connectivity index (χ0v) is 17.2. The Bertz CT molecular complexity index is 1030. The summed E-state index contributed by atoms with van der Waals surface area (Å²) in [5.74, 6) is 1.95. The Balaban J connectivity index is 1.32. The molecule has 0 unspecified atom stereocenters. The van der Waals surface area contributed by atoms with E-state index in [0.29, 0.717) is 17.5 Å². The van der Waals surface area contributed by atoms with Gasteiger partial charge in [0.05, 0.1) is 13.7 Å². The molecule has 1 aromatic heterocycles. The van der Waals surface area contributed by atoms with E-state index in [1.54, 1.807) is 14.0 Å². The molecule has 1 heterocycles. The highest BCUT2D eigenvalue weighted by Crippen LogP contribution is 2.26. The minimum absolute atomic E-state index is 0.133. The van der Waals surface area contributed by atoms with Crippen molar-refractivity contribution in [3.05, 3.63) is 59.5 Å². The number of aromatic nitrogens is 2. The van der Waals surface area contributed by atoms with Gasteiger partial charge in [-0.15, -0.1) is 0 Å². The van der Waals surface area contributed by atoms with Crippen molar-refractivity contribution in [1.82, 2.24) is 15.5 Å². The monoisotopic (exact) mass is 407 g/mol. The highest BCUT2D eigenvalue weighted by molar-refractivity contribution is 5.80. The van der Waals surface area contributed by atoms with Gasteiger partial charge in [-0.3, -0.25) is 4.79 Å². The summed E-state index contributed by atoms with van der Waals surface area (Å²) >= 11 is 0. The molecule has 30 heavy (non-hydrogen) atoms. The Kier molecular flexibility index (Phi) is 5.97. The molecule has 3 aromatic rings. The summed E-state index contributed by atoms with van der Waals surface area (Å²) in [6, 6.07) is 13.5. The van der Waals surface area contributed by atoms with Crippen LogP contribution in [0, 0.1) is 0 Å². The van der Waals surface area contributed by atoms with Crippen LogP contribution in [0.2, 0.25) is 0 Å². The van der Waals surface area contributed by atoms with Crippen molar-refractivity contribution in [3.63, 3.8) is 0 Å². The van der Waals surface area contributed by atoms with E-state index in [4.69, 9.17) is 14.0 Å². The first kappa shape index (κ1) is 19.9. The van der Waals surface area contributed by atoms with Crippen LogP contribution in [0.25, 0.3) is 11.4 Å². The van der Waals surface area contributed by atoms with Gasteiger partial charge >= 0.3 is 0 Å². The largest absolute Gasteiger partial charge is 0.497 e. The highest BCUT2D eigenvalue weighted by Gasteiger charge is 2.18. The molecular weight excluding hydrogens is 382 g/mol. The Morgan fingerprint density at radius 1 is 1.13 bits per heavy atom. The van der Waals surface area contributed by atoms with Crippen molar-refractivity contribution in [2.24, 2.45) is 0 Å². The van der Waals surface area contributed by atoms with Gasteiger partial charge < -0.3 is 19.3 Å². The average Bonchev–Trinajstić information content (AvgIpc) is 3.26. The summed E-state index contributed by atoms with van der Waals surface area (Å²) in [7, 11) is 1.60. The first-order valence-electron chi connectivity index (χ1n) is 10.2. The Labute approximate surface area is 175 Å². The zero-order valence-electron chi connectivity index (χ0n) is 17.2. The van der Waals surface area contributed by atoms with Crippen LogP contribution in [0.15, 0.2) is 47.0 Å². The van der Waals surface area contributed by atoms with E-state index < -0.39 is 6.10 Å². The van der Waals surface area contributed by atoms with Gasteiger partial charge in [0.2, 0.25) is 11.7 Å². The molecular formula is C23H25N3O4. The van der Waals surface area contributed by atoms with E-state index in [9.17, 15) is 4.79 Å². The van der Waals surface area contributed by atoms with Crippen molar-refractivity contribution < 1.29 is 18.8 Å². The molecule has 1 aliphatic rings. The second-order valence-electron chi connectivity index (χ2n) is 7.36. The number of rotatable bonds is 7. The fraction of sp³-hybridized carbons (Fsp3) is 0.348. The van der Waals surface area contributed by atoms with E-state index in [1.165, 1.54) is 24.0 Å². The summed E-state index contributed by atoms with van der Waals surface area (Å²) in [5.41, 5.74) is 3.48. The minimum atomic E-state index is -0.632. The number of carbonyl (C=O) groups excluding carboxylic acids is 1. The number of carbonyl (C=O) groups is 1. The maximum atomic E-state index is 12.4. The number of aryl methyl sites for hydroxylation is 2. The van der Waals surface area contributed by atoms with E-state index >= 15 is 0 Å². The molecule has 7 heteroatoms. The number of fused-ring (bicyclic) bond motifs is 1. The molecule has 4 rings (SSSR count). The van der Waals surface area contributed by atoms with Crippen LogP contribution in [-0.4, -0.2) is 29.3 Å². The van der Waals surface area contributed by atoms with Crippen molar-refractivity contribution in [2.45, 2.75) is 45.3 Å². The molecule has 0 saturated carbocycles. The van der Waals surface area contributed by atoms with Gasteiger partial charge in [0.15, 0.2) is 6.10 Å². The van der Waals surface area contributed by atoms with E-state index in [2.05, 4.69) is 27.6 Å². The van der Waals surface area contributed by atoms with Crippen molar-refractivity contribution in [1.29, 1.82) is 0 Å². The molecule has 156 valence electrons. The predicted molar refractivity (Wildman–Crippen MR) is 111 cm³/mol. The van der Waals surface area contributed by atoms with E-state index in [0.717, 1.165) is 24.2 Å². The van der Waals surface area contributed by atoms with E-state index in [-0.39, 0.29) is 12.5 Å². The smallest absolute Gasteiger partial charge is 0.261 e. The summed E-state index contributed by atoms with van der Waals surface area (Å²) in [4.78, 5) is 16.8. The third kappa shape index (κ3) is 4.62. The van der Waals surface area contributed by atoms with Crippen LogP contribution >= 0.6 is 0 Å². The average molecular weight is 407 g/mol. The predicted octanol–water partition coefficient (Wildman–Crippen LogP) is 3.71. The number of hydrogen-bond donors (Lipinski definition) is 1. The number of nitrogens with zero attached hydrogens (tertiary/aromatic N) is 2. The van der Waals surface area contributed by atoms with Crippen LogP contribution in [0.3, 0.4) is 0 Å². The fourth-order valence-electron chi connectivity index (χ4n) is 3.55. The lowest BCUT2D eigenvalue weighted by Crippen LogP contribution is -2.36. The topological polar surface area (TPSA) is 86.5 Å². The molecule has 1 atom stereocenters. The Hall–Kier alpha value is -3.35. The lowest BCUT2D eigenvalue weighted by Gasteiger charge is -2.19. The van der Waals surface area contributed by atoms with Gasteiger partial charge in [-0.05, 0) is 68.0 Å². The first-order valence-corrected chi connectivity index (χ1v) is 10.2. The third-order valence-corrected chi connectivity index (χ3v) is 5.21. The number of nitrogens with one attached hydrogen (secondary N) is 1. The van der Waals surface area contributed by atoms with Gasteiger partial charge in [-0.1, -0.05) is 23.4 Å². The standard InChI is InChI=1S/C23H25N3O4/c1-15(29-20-11-10-16-6-3-4-7-17(16)12-20)23(27)24-14-21-25-22(26-30-21)18-8-5-9-19(13-18)28-2/h5,8-13,15H,3-4,6-7,14H2,1-2H3,(H,24,27)/t15-/m1/s1. The maximum Gasteiger partial charge on any atom is 0.261 e. The number of benzene rings is 2. The third-order valence-electron chi connectivity index (χ3n) is 5.21. The van der Waals surface area contributed by atoms with E-state index in [1.807, 2.05) is 30.3 Å². The SMILES string of the molecule is COc1cccc(-c2noc(CNC(=O)[C@@H](C)Oc3ccc4c(c3)CCCC4)n2)c1. The van der Waals surface area contributed by atoms with Crippen molar-refractivity contribution >= 4 is 5.91 Å². The van der Waals surface area contributed by atoms with Gasteiger partial charge in [-0.25, -0.2) is 0 Å². The molecule has 1 aliphatic carbocycles. The van der Waals surface area contributed by atoms with Crippen molar-refractivity contribution in [2.75, 3.05) is 7.11 Å². The number of amides is 1. The molecule has 0 aliphatic heterocycles. The Morgan fingerprint density at radius 2 is 1.97 bits per heavy atom.